The number of hydrogen-bond donors (Lipinski definition) is 0. The average molecular weight is 448 g/mol. The Balaban J connectivity index is 1.64. The van der Waals surface area contributed by atoms with Crippen molar-refractivity contribution in [1.82, 2.24) is 19.9 Å². The molecule has 0 bridgehead atoms. The Bertz CT molecular complexity index is 1120. The summed E-state index contributed by atoms with van der Waals surface area (Å²) in [5.41, 5.74) is 2.31. The summed E-state index contributed by atoms with van der Waals surface area (Å²) in [5, 5.41) is 0. The van der Waals surface area contributed by atoms with E-state index in [0.29, 0.717) is 36.0 Å². The summed E-state index contributed by atoms with van der Waals surface area (Å²) in [5.74, 6) is 2.68. The van der Waals surface area contributed by atoms with E-state index in [-0.39, 0.29) is 11.8 Å². The molecule has 1 fully saturated rings. The first kappa shape index (κ1) is 22.5. The normalized spacial score (nSPS) is 15.8. The van der Waals surface area contributed by atoms with Gasteiger partial charge in [0.25, 0.3) is 5.91 Å². The zero-order chi connectivity index (χ0) is 23.4. The lowest BCUT2D eigenvalue weighted by Crippen LogP contribution is -2.39. The molecule has 0 spiro atoms. The fourth-order valence-corrected chi connectivity index (χ4v) is 4.07. The second kappa shape index (κ2) is 9.85. The molecule has 0 saturated carbocycles. The first-order valence-electron chi connectivity index (χ1n) is 11.0. The van der Waals surface area contributed by atoms with Crippen molar-refractivity contribution in [2.24, 2.45) is 0 Å². The van der Waals surface area contributed by atoms with Crippen molar-refractivity contribution in [2.45, 2.75) is 18.8 Å². The highest BCUT2D eigenvalue weighted by molar-refractivity contribution is 5.97. The third-order valence-electron chi connectivity index (χ3n) is 5.87. The van der Waals surface area contributed by atoms with Crippen molar-refractivity contribution in [3.8, 4) is 22.9 Å². The van der Waals surface area contributed by atoms with E-state index in [9.17, 15) is 4.79 Å². The van der Waals surface area contributed by atoms with E-state index >= 15 is 0 Å². The van der Waals surface area contributed by atoms with E-state index in [1.54, 1.807) is 44.8 Å². The van der Waals surface area contributed by atoms with E-state index in [1.165, 1.54) is 0 Å². The van der Waals surface area contributed by atoms with Crippen LogP contribution in [0.3, 0.4) is 0 Å². The smallest absolute Gasteiger partial charge is 0.257 e. The number of aromatic nitrogens is 3. The molecule has 1 atom stereocenters. The van der Waals surface area contributed by atoms with Crippen LogP contribution in [0.15, 0.2) is 48.8 Å². The van der Waals surface area contributed by atoms with Crippen LogP contribution < -0.4 is 14.4 Å². The lowest BCUT2D eigenvalue weighted by molar-refractivity contribution is 0.0702. The minimum absolute atomic E-state index is 0.0650. The molecule has 1 aliphatic heterocycles. The Morgan fingerprint density at radius 1 is 1.12 bits per heavy atom. The lowest BCUT2D eigenvalue weighted by atomic mass is 9.93. The molecule has 0 N–H and O–H groups in total. The van der Waals surface area contributed by atoms with Gasteiger partial charge >= 0.3 is 0 Å². The van der Waals surface area contributed by atoms with Crippen molar-refractivity contribution in [3.63, 3.8) is 0 Å². The van der Waals surface area contributed by atoms with Gasteiger partial charge in [-0.25, -0.2) is 9.97 Å². The van der Waals surface area contributed by atoms with Crippen LogP contribution in [0, 0.1) is 0 Å². The van der Waals surface area contributed by atoms with Crippen molar-refractivity contribution >= 4 is 11.7 Å². The summed E-state index contributed by atoms with van der Waals surface area (Å²) < 4.78 is 10.8. The highest BCUT2D eigenvalue weighted by Gasteiger charge is 2.29. The molecule has 172 valence electrons. The number of likely N-dealkylation sites (tertiary alicyclic amines) is 1. The third kappa shape index (κ3) is 4.89. The largest absolute Gasteiger partial charge is 0.497 e. The summed E-state index contributed by atoms with van der Waals surface area (Å²) in [4.78, 5) is 31.1. The Kier molecular flexibility index (Phi) is 6.72. The number of piperidine rings is 1. The maximum Gasteiger partial charge on any atom is 0.257 e. The van der Waals surface area contributed by atoms with E-state index < -0.39 is 0 Å². The van der Waals surface area contributed by atoms with E-state index in [0.717, 1.165) is 29.9 Å². The van der Waals surface area contributed by atoms with Crippen LogP contribution in [0.1, 0.15) is 34.8 Å². The number of pyridine rings is 1. The van der Waals surface area contributed by atoms with Gasteiger partial charge in [0.05, 0.1) is 25.5 Å². The molecular formula is C25H29N5O3. The summed E-state index contributed by atoms with van der Waals surface area (Å²) >= 11 is 0. The van der Waals surface area contributed by atoms with Gasteiger partial charge in [0, 0.05) is 57.1 Å². The van der Waals surface area contributed by atoms with Crippen molar-refractivity contribution in [1.29, 1.82) is 0 Å². The Labute approximate surface area is 194 Å². The minimum Gasteiger partial charge on any atom is -0.497 e. The molecule has 1 amide bonds. The minimum atomic E-state index is -0.0650. The number of hydrogen-bond acceptors (Lipinski definition) is 7. The second-order valence-electron chi connectivity index (χ2n) is 8.27. The Morgan fingerprint density at radius 3 is 2.67 bits per heavy atom. The van der Waals surface area contributed by atoms with Gasteiger partial charge in [0.2, 0.25) is 0 Å². The summed E-state index contributed by atoms with van der Waals surface area (Å²) in [6.45, 7) is 1.27. The number of rotatable bonds is 6. The molecule has 3 aromatic rings. The van der Waals surface area contributed by atoms with E-state index in [4.69, 9.17) is 19.4 Å². The number of methoxy groups -OCH3 is 2. The standard InChI is InChI=1S/C25H29N5O3/c1-29(2)23-14-21(27-24(28-23)17-7-5-11-26-15-17)18-8-6-12-30(16-18)25(31)20-13-19(32-3)9-10-22(20)33-4/h5,7,9-11,13-15,18H,6,8,12,16H2,1-4H3/t18-/m0/s1. The van der Waals surface area contributed by atoms with Crippen molar-refractivity contribution in [2.75, 3.05) is 46.3 Å². The van der Waals surface area contributed by atoms with Gasteiger partial charge in [-0.15, -0.1) is 0 Å². The van der Waals surface area contributed by atoms with Crippen LogP contribution in [-0.2, 0) is 0 Å². The Morgan fingerprint density at radius 2 is 1.97 bits per heavy atom. The van der Waals surface area contributed by atoms with Crippen LogP contribution >= 0.6 is 0 Å². The monoisotopic (exact) mass is 447 g/mol. The lowest BCUT2D eigenvalue weighted by Gasteiger charge is -2.33. The molecule has 4 rings (SSSR count). The zero-order valence-electron chi connectivity index (χ0n) is 19.5. The maximum atomic E-state index is 13.4. The van der Waals surface area contributed by atoms with Crippen LogP contribution in [0.4, 0.5) is 5.82 Å². The number of carbonyl (C=O) groups excluding carboxylic acids is 1. The van der Waals surface area contributed by atoms with Crippen molar-refractivity contribution < 1.29 is 14.3 Å². The van der Waals surface area contributed by atoms with E-state index in [1.807, 2.05) is 42.1 Å². The SMILES string of the molecule is COc1ccc(OC)c(C(=O)N2CCC[C@H](c3cc(N(C)C)nc(-c4cccnc4)n3)C2)c1. The molecule has 1 aromatic carbocycles. The fourth-order valence-electron chi connectivity index (χ4n) is 4.07. The molecule has 0 radical (unpaired) electrons. The van der Waals surface area contributed by atoms with Crippen LogP contribution in [0.2, 0.25) is 0 Å². The van der Waals surface area contributed by atoms with Crippen LogP contribution in [-0.4, -0.2) is 67.2 Å². The van der Waals surface area contributed by atoms with Gasteiger partial charge in [-0.3, -0.25) is 9.78 Å². The number of ether oxygens (including phenoxy) is 2. The number of benzene rings is 1. The summed E-state index contributed by atoms with van der Waals surface area (Å²) in [6.07, 6.45) is 5.35. The van der Waals surface area contributed by atoms with Gasteiger partial charge in [-0.05, 0) is 43.2 Å². The molecule has 1 saturated heterocycles. The van der Waals surface area contributed by atoms with Crippen molar-refractivity contribution in [3.05, 3.63) is 60.0 Å². The quantitative estimate of drug-likeness (QED) is 0.571. The van der Waals surface area contributed by atoms with Gasteiger partial charge in [-0.2, -0.15) is 0 Å². The highest BCUT2D eigenvalue weighted by atomic mass is 16.5. The topological polar surface area (TPSA) is 80.7 Å². The third-order valence-corrected chi connectivity index (χ3v) is 5.87. The highest BCUT2D eigenvalue weighted by Crippen LogP contribution is 2.32. The predicted molar refractivity (Wildman–Crippen MR) is 127 cm³/mol. The van der Waals surface area contributed by atoms with Gasteiger partial charge < -0.3 is 19.3 Å². The second-order valence-corrected chi connectivity index (χ2v) is 8.27. The zero-order valence-corrected chi connectivity index (χ0v) is 19.5. The molecular weight excluding hydrogens is 418 g/mol. The molecule has 0 aliphatic carbocycles. The van der Waals surface area contributed by atoms with Crippen LogP contribution in [0.25, 0.3) is 11.4 Å². The molecule has 33 heavy (non-hydrogen) atoms. The Hall–Kier alpha value is -3.68. The number of carbonyl (C=O) groups is 1. The molecule has 8 heteroatoms. The summed E-state index contributed by atoms with van der Waals surface area (Å²) in [6, 6.07) is 11.1. The number of nitrogens with zero attached hydrogens (tertiary/aromatic N) is 5. The van der Waals surface area contributed by atoms with Gasteiger partial charge in [0.1, 0.15) is 17.3 Å². The van der Waals surface area contributed by atoms with Crippen LogP contribution in [0.5, 0.6) is 11.5 Å². The maximum absolute atomic E-state index is 13.4. The average Bonchev–Trinajstić information content (AvgIpc) is 2.88. The summed E-state index contributed by atoms with van der Waals surface area (Å²) in [7, 11) is 7.08. The predicted octanol–water partition coefficient (Wildman–Crippen LogP) is 3.64. The molecule has 3 heterocycles. The molecule has 0 unspecified atom stereocenters. The first-order valence-corrected chi connectivity index (χ1v) is 11.0. The first-order chi connectivity index (χ1) is 16.0. The van der Waals surface area contributed by atoms with E-state index in [2.05, 4.69) is 4.98 Å². The molecule has 1 aliphatic rings. The van der Waals surface area contributed by atoms with Gasteiger partial charge in [0.15, 0.2) is 5.82 Å². The number of anilines is 1. The molecule has 2 aromatic heterocycles. The molecule has 8 nitrogen and oxygen atoms in total. The number of amides is 1. The van der Waals surface area contributed by atoms with Gasteiger partial charge in [-0.1, -0.05) is 0 Å². The fraction of sp³-hybridized carbons (Fsp3) is 0.360.